The Kier molecular flexibility index (Phi) is 5.31. The van der Waals surface area contributed by atoms with Gasteiger partial charge in [0.05, 0.1) is 11.5 Å². The minimum atomic E-state index is -0.786. The number of benzene rings is 1. The minimum absolute atomic E-state index is 0.233. The molecule has 1 saturated heterocycles. The molecule has 0 spiro atoms. The van der Waals surface area contributed by atoms with Gasteiger partial charge in [-0.05, 0) is 37.6 Å². The van der Waals surface area contributed by atoms with Crippen LogP contribution in [0.1, 0.15) is 19.4 Å². The predicted octanol–water partition coefficient (Wildman–Crippen LogP) is 2.98. The highest BCUT2D eigenvalue weighted by atomic mass is 32.2. The lowest BCUT2D eigenvalue weighted by Crippen LogP contribution is -2.42. The summed E-state index contributed by atoms with van der Waals surface area (Å²) >= 11 is 6.25. The van der Waals surface area contributed by atoms with Crippen LogP contribution in [-0.4, -0.2) is 33.7 Å². The average molecular weight is 339 g/mol. The Morgan fingerprint density at radius 1 is 1.55 bits per heavy atom. The molecule has 7 heteroatoms. The summed E-state index contributed by atoms with van der Waals surface area (Å²) in [5.41, 5.74) is 0.560. The quantitative estimate of drug-likeness (QED) is 0.479. The number of hydrogen-bond acceptors (Lipinski definition) is 5. The highest BCUT2D eigenvalue weighted by molar-refractivity contribution is 8.26. The molecule has 2 rings (SSSR count). The topological polar surface area (TPSA) is 46.6 Å². The number of hydrogen-bond donors (Lipinski definition) is 0. The first-order valence-corrected chi connectivity index (χ1v) is 7.85. The zero-order valence-electron chi connectivity index (χ0n) is 12.0. The van der Waals surface area contributed by atoms with Crippen LogP contribution < -0.4 is 0 Å². The summed E-state index contributed by atoms with van der Waals surface area (Å²) in [5, 5.41) is 0. The van der Waals surface area contributed by atoms with Crippen molar-refractivity contribution in [3.8, 4) is 0 Å². The molecule has 4 nitrogen and oxygen atoms in total. The van der Waals surface area contributed by atoms with Gasteiger partial charge in [-0.3, -0.25) is 9.69 Å². The van der Waals surface area contributed by atoms with E-state index in [1.165, 1.54) is 17.0 Å². The number of esters is 1. The molecule has 22 heavy (non-hydrogen) atoms. The van der Waals surface area contributed by atoms with E-state index in [1.54, 1.807) is 32.1 Å². The lowest BCUT2D eigenvalue weighted by Gasteiger charge is -2.21. The van der Waals surface area contributed by atoms with Crippen molar-refractivity contribution in [2.75, 3.05) is 6.61 Å². The first-order chi connectivity index (χ1) is 10.4. The summed E-state index contributed by atoms with van der Waals surface area (Å²) in [6.07, 6.45) is 1.56. The van der Waals surface area contributed by atoms with Gasteiger partial charge < -0.3 is 4.74 Å². The van der Waals surface area contributed by atoms with Gasteiger partial charge in [-0.25, -0.2) is 9.18 Å². The fourth-order valence-corrected chi connectivity index (χ4v) is 3.35. The van der Waals surface area contributed by atoms with Crippen molar-refractivity contribution < 1.29 is 18.7 Å². The minimum Gasteiger partial charge on any atom is -0.464 e. The second-order valence-corrected chi connectivity index (χ2v) is 6.21. The molecule has 1 aromatic rings. The Balaban J connectivity index is 2.23. The van der Waals surface area contributed by atoms with Gasteiger partial charge in [0.1, 0.15) is 16.2 Å². The number of thioether (sulfide) groups is 1. The highest BCUT2D eigenvalue weighted by Crippen LogP contribution is 2.34. The Bertz CT molecular complexity index is 660. The number of thiocarbonyl (C=S) groups is 1. The van der Waals surface area contributed by atoms with E-state index in [2.05, 4.69) is 0 Å². The van der Waals surface area contributed by atoms with Gasteiger partial charge in [-0.15, -0.1) is 0 Å². The number of carbonyl (C=O) groups excluding carboxylic acids is 2. The SMILES string of the molecule is CCOC(=O)C(C)N1C(=O)/C(=C/c2cccc(F)c2)SC1=S. The number of ether oxygens (including phenoxy) is 1. The summed E-state index contributed by atoms with van der Waals surface area (Å²) in [7, 11) is 0. The van der Waals surface area contributed by atoms with Crippen LogP contribution in [0.15, 0.2) is 29.2 Å². The van der Waals surface area contributed by atoms with Gasteiger partial charge >= 0.3 is 5.97 Å². The summed E-state index contributed by atoms with van der Waals surface area (Å²) < 4.78 is 18.4. The Hall–Kier alpha value is -1.73. The second-order valence-electron chi connectivity index (χ2n) is 4.53. The second kappa shape index (κ2) is 7.02. The zero-order chi connectivity index (χ0) is 16.3. The molecule has 0 radical (unpaired) electrons. The fraction of sp³-hybridized carbons (Fsp3) is 0.267. The molecule has 116 valence electrons. The van der Waals surface area contributed by atoms with E-state index in [0.29, 0.717) is 10.5 Å². The highest BCUT2D eigenvalue weighted by Gasteiger charge is 2.38. The maximum atomic E-state index is 13.2. The molecule has 0 aromatic heterocycles. The number of nitrogens with zero attached hydrogens (tertiary/aromatic N) is 1. The molecular formula is C15H14FNO3S2. The first-order valence-electron chi connectivity index (χ1n) is 6.63. The third kappa shape index (κ3) is 3.53. The molecule has 1 fully saturated rings. The van der Waals surface area contributed by atoms with Gasteiger partial charge in [-0.2, -0.15) is 0 Å². The largest absolute Gasteiger partial charge is 0.464 e. The third-order valence-electron chi connectivity index (χ3n) is 2.98. The van der Waals surface area contributed by atoms with E-state index in [-0.39, 0.29) is 22.7 Å². The summed E-state index contributed by atoms with van der Waals surface area (Å²) in [4.78, 5) is 25.8. The van der Waals surface area contributed by atoms with Crippen molar-refractivity contribution in [2.45, 2.75) is 19.9 Å². The van der Waals surface area contributed by atoms with Crippen LogP contribution in [0, 0.1) is 5.82 Å². The molecule has 1 aliphatic heterocycles. The summed E-state index contributed by atoms with van der Waals surface area (Å²) in [6.45, 7) is 3.49. The van der Waals surface area contributed by atoms with Crippen LogP contribution in [0.2, 0.25) is 0 Å². The van der Waals surface area contributed by atoms with E-state index >= 15 is 0 Å². The van der Waals surface area contributed by atoms with Crippen molar-refractivity contribution in [3.63, 3.8) is 0 Å². The Morgan fingerprint density at radius 3 is 2.91 bits per heavy atom. The van der Waals surface area contributed by atoms with Crippen molar-refractivity contribution >= 4 is 46.3 Å². The molecule has 1 unspecified atom stereocenters. The fourth-order valence-electron chi connectivity index (χ4n) is 1.93. The molecule has 0 N–H and O–H groups in total. The van der Waals surface area contributed by atoms with E-state index in [9.17, 15) is 14.0 Å². The van der Waals surface area contributed by atoms with Crippen molar-refractivity contribution in [2.24, 2.45) is 0 Å². The number of carbonyl (C=O) groups is 2. The van der Waals surface area contributed by atoms with Gasteiger partial charge in [0.25, 0.3) is 5.91 Å². The molecule has 0 saturated carbocycles. The molecule has 1 heterocycles. The van der Waals surface area contributed by atoms with E-state index in [0.717, 1.165) is 11.8 Å². The average Bonchev–Trinajstić information content (AvgIpc) is 2.73. The van der Waals surface area contributed by atoms with E-state index in [1.807, 2.05) is 0 Å². The first kappa shape index (κ1) is 16.6. The van der Waals surface area contributed by atoms with Crippen molar-refractivity contribution in [1.29, 1.82) is 0 Å². The van der Waals surface area contributed by atoms with Gasteiger partial charge in [0.2, 0.25) is 0 Å². The van der Waals surface area contributed by atoms with Crippen LogP contribution in [-0.2, 0) is 14.3 Å². The van der Waals surface area contributed by atoms with Crippen LogP contribution in [0.4, 0.5) is 4.39 Å². The monoisotopic (exact) mass is 339 g/mol. The molecule has 0 aliphatic carbocycles. The van der Waals surface area contributed by atoms with Crippen molar-refractivity contribution in [1.82, 2.24) is 4.90 Å². The molecular weight excluding hydrogens is 325 g/mol. The zero-order valence-corrected chi connectivity index (χ0v) is 13.7. The lowest BCUT2D eigenvalue weighted by molar-refractivity contribution is -0.149. The van der Waals surface area contributed by atoms with Crippen LogP contribution in [0.3, 0.4) is 0 Å². The van der Waals surface area contributed by atoms with Crippen LogP contribution >= 0.6 is 24.0 Å². The third-order valence-corrected chi connectivity index (χ3v) is 4.32. The maximum Gasteiger partial charge on any atom is 0.329 e. The number of amides is 1. The maximum absolute atomic E-state index is 13.2. The van der Waals surface area contributed by atoms with Crippen molar-refractivity contribution in [3.05, 3.63) is 40.6 Å². The molecule has 1 aromatic carbocycles. The summed E-state index contributed by atoms with van der Waals surface area (Å²) in [6, 6.07) is 5.10. The normalized spacial score (nSPS) is 18.0. The molecule has 1 atom stereocenters. The van der Waals surface area contributed by atoms with Crippen LogP contribution in [0.25, 0.3) is 6.08 Å². The Morgan fingerprint density at radius 2 is 2.27 bits per heavy atom. The Labute approximate surface area is 137 Å². The molecule has 0 bridgehead atoms. The van der Waals surface area contributed by atoms with Gasteiger partial charge in [0, 0.05) is 0 Å². The smallest absolute Gasteiger partial charge is 0.329 e. The summed E-state index contributed by atoms with van der Waals surface area (Å²) in [5.74, 6) is -1.27. The lowest BCUT2D eigenvalue weighted by atomic mass is 10.2. The number of rotatable bonds is 4. The van der Waals surface area contributed by atoms with Gasteiger partial charge in [0.15, 0.2) is 0 Å². The molecule has 1 amide bonds. The number of halogens is 1. The standard InChI is InChI=1S/C15H14FNO3S2/c1-3-20-14(19)9(2)17-13(18)12(22-15(17)21)8-10-5-4-6-11(16)7-10/h4-9H,3H2,1-2H3/b12-8-. The van der Waals surface area contributed by atoms with E-state index < -0.39 is 12.0 Å². The van der Waals surface area contributed by atoms with E-state index in [4.69, 9.17) is 17.0 Å². The predicted molar refractivity (Wildman–Crippen MR) is 87.5 cm³/mol. The van der Waals surface area contributed by atoms with Crippen LogP contribution in [0.5, 0.6) is 0 Å². The molecule has 1 aliphatic rings. The van der Waals surface area contributed by atoms with Gasteiger partial charge in [-0.1, -0.05) is 36.1 Å².